The fraction of sp³-hybridized carbons (Fsp3) is 0.429. The summed E-state index contributed by atoms with van der Waals surface area (Å²) in [7, 11) is 0. The minimum atomic E-state index is -0.555. The molecule has 3 nitrogen and oxygen atoms in total. The molecule has 0 bridgehead atoms. The second-order valence-corrected chi connectivity index (χ2v) is 5.33. The van der Waals surface area contributed by atoms with E-state index in [9.17, 15) is 9.59 Å². The molecule has 0 heterocycles. The van der Waals surface area contributed by atoms with Crippen LogP contribution in [0.15, 0.2) is 18.2 Å². The van der Waals surface area contributed by atoms with E-state index in [-0.39, 0.29) is 0 Å². The van der Waals surface area contributed by atoms with Gasteiger partial charge in [0.15, 0.2) is 0 Å². The van der Waals surface area contributed by atoms with Crippen LogP contribution in [0.1, 0.15) is 42.3 Å². The Labute approximate surface area is 102 Å². The summed E-state index contributed by atoms with van der Waals surface area (Å²) in [6, 6.07) is 5.29. The van der Waals surface area contributed by atoms with Gasteiger partial charge < -0.3 is 5.32 Å². The molecule has 1 aromatic rings. The zero-order valence-corrected chi connectivity index (χ0v) is 11.0. The second kappa shape index (κ2) is 4.70. The zero-order chi connectivity index (χ0) is 13.2. The first kappa shape index (κ1) is 13.4. The van der Waals surface area contributed by atoms with Gasteiger partial charge in [-0.3, -0.25) is 9.59 Å². The van der Waals surface area contributed by atoms with Crippen molar-refractivity contribution < 1.29 is 9.59 Å². The van der Waals surface area contributed by atoms with E-state index in [4.69, 9.17) is 0 Å². The molecule has 17 heavy (non-hydrogen) atoms. The smallest absolute Gasteiger partial charge is 0.292 e. The van der Waals surface area contributed by atoms with Crippen LogP contribution in [0.5, 0.6) is 0 Å². The van der Waals surface area contributed by atoms with Crippen molar-refractivity contribution >= 4 is 11.7 Å². The van der Waals surface area contributed by atoms with E-state index in [0.717, 1.165) is 11.1 Å². The SMILES string of the molecule is Cc1ccc(C(=O)C(=O)NC(C)(C)C)cc1C. The van der Waals surface area contributed by atoms with Crippen molar-refractivity contribution in [3.63, 3.8) is 0 Å². The summed E-state index contributed by atoms with van der Waals surface area (Å²) in [5.41, 5.74) is 2.17. The average Bonchev–Trinajstić information content (AvgIpc) is 2.18. The van der Waals surface area contributed by atoms with Gasteiger partial charge in [-0.1, -0.05) is 12.1 Å². The molecule has 0 aromatic heterocycles. The molecule has 0 fully saturated rings. The van der Waals surface area contributed by atoms with Crippen molar-refractivity contribution in [2.75, 3.05) is 0 Å². The predicted molar refractivity (Wildman–Crippen MR) is 68.1 cm³/mol. The van der Waals surface area contributed by atoms with Crippen LogP contribution in [-0.4, -0.2) is 17.2 Å². The number of Topliss-reactive ketones (excluding diaryl/α,β-unsaturated/α-hetero) is 1. The largest absolute Gasteiger partial charge is 0.345 e. The molecule has 1 amide bonds. The van der Waals surface area contributed by atoms with E-state index in [1.807, 2.05) is 40.7 Å². The Morgan fingerprint density at radius 3 is 2.12 bits per heavy atom. The molecule has 0 saturated heterocycles. The molecule has 1 N–H and O–H groups in total. The Bertz CT molecular complexity index is 456. The number of hydrogen-bond acceptors (Lipinski definition) is 2. The minimum Gasteiger partial charge on any atom is -0.345 e. The molecule has 0 aliphatic heterocycles. The first-order chi connectivity index (χ1) is 7.70. The molecule has 1 rings (SSSR count). The van der Waals surface area contributed by atoms with Gasteiger partial charge in [-0.15, -0.1) is 0 Å². The summed E-state index contributed by atoms with van der Waals surface area (Å²) >= 11 is 0. The Balaban J connectivity index is 2.90. The standard InChI is InChI=1S/C14H19NO2/c1-9-6-7-11(8-10(9)2)12(16)13(17)15-14(3,4)5/h6-8H,1-5H3,(H,15,17). The second-order valence-electron chi connectivity index (χ2n) is 5.33. The Morgan fingerprint density at radius 2 is 1.65 bits per heavy atom. The van der Waals surface area contributed by atoms with Crippen LogP contribution in [-0.2, 0) is 4.79 Å². The fourth-order valence-corrected chi connectivity index (χ4v) is 1.41. The van der Waals surface area contributed by atoms with Crippen LogP contribution in [0, 0.1) is 13.8 Å². The highest BCUT2D eigenvalue weighted by molar-refractivity contribution is 6.42. The summed E-state index contributed by atoms with van der Waals surface area (Å²) in [6.07, 6.45) is 0. The third-order valence-corrected chi connectivity index (χ3v) is 2.46. The Hall–Kier alpha value is -1.64. The summed E-state index contributed by atoms with van der Waals surface area (Å²) in [5, 5.41) is 2.66. The van der Waals surface area contributed by atoms with Crippen LogP contribution >= 0.6 is 0 Å². The number of benzene rings is 1. The number of carbonyl (C=O) groups excluding carboxylic acids is 2. The number of carbonyl (C=O) groups is 2. The maximum absolute atomic E-state index is 11.9. The van der Waals surface area contributed by atoms with Crippen molar-refractivity contribution in [3.8, 4) is 0 Å². The quantitative estimate of drug-likeness (QED) is 0.629. The molecule has 0 unspecified atom stereocenters. The molecule has 0 radical (unpaired) electrons. The molecular formula is C14H19NO2. The summed E-state index contributed by atoms with van der Waals surface area (Å²) in [5.74, 6) is -1.04. The molecular weight excluding hydrogens is 214 g/mol. The molecule has 0 aliphatic carbocycles. The van der Waals surface area contributed by atoms with Gasteiger partial charge in [0.25, 0.3) is 5.91 Å². The van der Waals surface area contributed by atoms with Gasteiger partial charge in [0.05, 0.1) is 0 Å². The van der Waals surface area contributed by atoms with Crippen LogP contribution in [0.3, 0.4) is 0 Å². The van der Waals surface area contributed by atoms with Crippen molar-refractivity contribution in [2.45, 2.75) is 40.2 Å². The van der Waals surface area contributed by atoms with Crippen molar-refractivity contribution in [1.82, 2.24) is 5.32 Å². The average molecular weight is 233 g/mol. The highest BCUT2D eigenvalue weighted by atomic mass is 16.2. The van der Waals surface area contributed by atoms with Gasteiger partial charge in [0.2, 0.25) is 5.78 Å². The van der Waals surface area contributed by atoms with E-state index in [2.05, 4.69) is 5.32 Å². The molecule has 1 aromatic carbocycles. The Morgan fingerprint density at radius 1 is 1.06 bits per heavy atom. The monoisotopic (exact) mass is 233 g/mol. The van der Waals surface area contributed by atoms with E-state index in [1.54, 1.807) is 12.1 Å². The fourth-order valence-electron chi connectivity index (χ4n) is 1.41. The minimum absolute atomic E-state index is 0.396. The lowest BCUT2D eigenvalue weighted by Gasteiger charge is -2.19. The van der Waals surface area contributed by atoms with Gasteiger partial charge in [-0.05, 0) is 51.8 Å². The molecule has 0 saturated carbocycles. The molecule has 3 heteroatoms. The first-order valence-electron chi connectivity index (χ1n) is 5.65. The molecule has 0 atom stereocenters. The highest BCUT2D eigenvalue weighted by Gasteiger charge is 2.21. The first-order valence-corrected chi connectivity index (χ1v) is 5.65. The number of amides is 1. The third kappa shape index (κ3) is 3.70. The van der Waals surface area contributed by atoms with Crippen molar-refractivity contribution in [2.24, 2.45) is 0 Å². The lowest BCUT2D eigenvalue weighted by atomic mass is 10.0. The van der Waals surface area contributed by atoms with Gasteiger partial charge in [0, 0.05) is 11.1 Å². The van der Waals surface area contributed by atoms with E-state index in [0.29, 0.717) is 5.56 Å². The third-order valence-electron chi connectivity index (χ3n) is 2.46. The zero-order valence-electron chi connectivity index (χ0n) is 11.0. The van der Waals surface area contributed by atoms with E-state index in [1.165, 1.54) is 0 Å². The maximum atomic E-state index is 11.9. The number of ketones is 1. The highest BCUT2D eigenvalue weighted by Crippen LogP contribution is 2.11. The lowest BCUT2D eigenvalue weighted by molar-refractivity contribution is -0.118. The van der Waals surface area contributed by atoms with Crippen LogP contribution in [0.4, 0.5) is 0 Å². The van der Waals surface area contributed by atoms with E-state index >= 15 is 0 Å². The van der Waals surface area contributed by atoms with Crippen LogP contribution in [0.25, 0.3) is 0 Å². The van der Waals surface area contributed by atoms with Gasteiger partial charge >= 0.3 is 0 Å². The van der Waals surface area contributed by atoms with E-state index < -0.39 is 17.2 Å². The topological polar surface area (TPSA) is 46.2 Å². The number of aryl methyl sites for hydroxylation is 2. The summed E-state index contributed by atoms with van der Waals surface area (Å²) in [4.78, 5) is 23.6. The van der Waals surface area contributed by atoms with Crippen LogP contribution < -0.4 is 5.32 Å². The van der Waals surface area contributed by atoms with Crippen molar-refractivity contribution in [3.05, 3.63) is 34.9 Å². The summed E-state index contributed by atoms with van der Waals surface area (Å²) in [6.45, 7) is 9.43. The van der Waals surface area contributed by atoms with Gasteiger partial charge in [-0.25, -0.2) is 0 Å². The lowest BCUT2D eigenvalue weighted by Crippen LogP contribution is -2.44. The van der Waals surface area contributed by atoms with Gasteiger partial charge in [0.1, 0.15) is 0 Å². The molecule has 0 spiro atoms. The maximum Gasteiger partial charge on any atom is 0.292 e. The molecule has 0 aliphatic rings. The van der Waals surface area contributed by atoms with Crippen LogP contribution in [0.2, 0.25) is 0 Å². The van der Waals surface area contributed by atoms with Crippen molar-refractivity contribution in [1.29, 1.82) is 0 Å². The molecule has 92 valence electrons. The number of rotatable bonds is 2. The predicted octanol–water partition coefficient (Wildman–Crippen LogP) is 2.40. The Kier molecular flexibility index (Phi) is 3.71. The summed E-state index contributed by atoms with van der Waals surface area (Å²) < 4.78 is 0. The number of hydrogen-bond donors (Lipinski definition) is 1. The number of nitrogens with one attached hydrogen (secondary N) is 1. The van der Waals surface area contributed by atoms with Gasteiger partial charge in [-0.2, -0.15) is 0 Å². The normalized spacial score (nSPS) is 11.1.